The first-order valence-corrected chi connectivity index (χ1v) is 4.65. The zero-order valence-electron chi connectivity index (χ0n) is 8.84. The Morgan fingerprint density at radius 1 is 1.56 bits per heavy atom. The van der Waals surface area contributed by atoms with Gasteiger partial charge in [-0.05, 0) is 6.92 Å². The number of carbonyl (C=O) groups is 1. The second-order valence-electron chi connectivity index (χ2n) is 2.93. The average Bonchev–Trinajstić information content (AvgIpc) is 2.95. The lowest BCUT2D eigenvalue weighted by molar-refractivity contribution is 0.0595. The minimum atomic E-state index is -0.560. The molecule has 0 saturated heterocycles. The number of methoxy groups -OCH3 is 1. The standard InChI is InChI=1S/C8H10N6O2/c1-3-14-9-4-5(12-14)6-7(8(15)16-2)11-13-10-6/h4H,3H2,1-2H3,(H,10,11,13). The SMILES string of the molecule is CCn1ncc(-c2n[nH]nc2C(=O)OC)n1. The maximum Gasteiger partial charge on any atom is 0.361 e. The van der Waals surface area contributed by atoms with Gasteiger partial charge >= 0.3 is 5.97 Å². The Kier molecular flexibility index (Phi) is 2.63. The van der Waals surface area contributed by atoms with Gasteiger partial charge in [-0.15, -0.1) is 5.10 Å². The summed E-state index contributed by atoms with van der Waals surface area (Å²) in [6, 6.07) is 0. The van der Waals surface area contributed by atoms with Gasteiger partial charge in [0.05, 0.1) is 19.9 Å². The first-order chi connectivity index (χ1) is 7.76. The van der Waals surface area contributed by atoms with Crippen LogP contribution in [0.5, 0.6) is 0 Å². The van der Waals surface area contributed by atoms with Gasteiger partial charge < -0.3 is 4.74 Å². The minimum absolute atomic E-state index is 0.102. The number of carbonyl (C=O) groups excluding carboxylic acids is 1. The minimum Gasteiger partial charge on any atom is -0.464 e. The van der Waals surface area contributed by atoms with Crippen molar-refractivity contribution in [1.82, 2.24) is 30.4 Å². The fourth-order valence-electron chi connectivity index (χ4n) is 1.21. The lowest BCUT2D eigenvalue weighted by atomic mass is 10.2. The van der Waals surface area contributed by atoms with Crippen LogP contribution >= 0.6 is 0 Å². The van der Waals surface area contributed by atoms with Gasteiger partial charge in [0.15, 0.2) is 5.69 Å². The number of ether oxygens (including phenoxy) is 1. The third-order valence-electron chi connectivity index (χ3n) is 1.99. The number of aromatic nitrogens is 6. The van der Waals surface area contributed by atoms with Gasteiger partial charge in [0.2, 0.25) is 0 Å². The summed E-state index contributed by atoms with van der Waals surface area (Å²) >= 11 is 0. The lowest BCUT2D eigenvalue weighted by Gasteiger charge is -1.94. The second kappa shape index (κ2) is 4.09. The van der Waals surface area contributed by atoms with Gasteiger partial charge in [-0.1, -0.05) is 0 Å². The zero-order chi connectivity index (χ0) is 11.5. The molecular formula is C8H10N6O2. The summed E-state index contributed by atoms with van der Waals surface area (Å²) in [6.07, 6.45) is 1.52. The summed E-state index contributed by atoms with van der Waals surface area (Å²) in [4.78, 5) is 12.8. The van der Waals surface area contributed by atoms with Crippen LogP contribution in [0.3, 0.4) is 0 Å². The topological polar surface area (TPSA) is 98.6 Å². The Morgan fingerprint density at radius 3 is 3.00 bits per heavy atom. The molecule has 0 radical (unpaired) electrons. The monoisotopic (exact) mass is 222 g/mol. The molecule has 0 amide bonds. The van der Waals surface area contributed by atoms with Gasteiger partial charge in [-0.25, -0.2) is 4.79 Å². The normalized spacial score (nSPS) is 10.4. The molecule has 8 heteroatoms. The number of nitrogens with zero attached hydrogens (tertiary/aromatic N) is 5. The number of hydrogen-bond acceptors (Lipinski definition) is 6. The van der Waals surface area contributed by atoms with Crippen molar-refractivity contribution in [3.05, 3.63) is 11.9 Å². The smallest absolute Gasteiger partial charge is 0.361 e. The van der Waals surface area contributed by atoms with Crippen LogP contribution in [0, 0.1) is 0 Å². The number of H-pyrrole nitrogens is 1. The molecular weight excluding hydrogens is 212 g/mol. The van der Waals surface area contributed by atoms with Crippen LogP contribution in [0.4, 0.5) is 0 Å². The number of nitrogens with one attached hydrogen (secondary N) is 1. The van der Waals surface area contributed by atoms with Gasteiger partial charge in [0, 0.05) is 0 Å². The van der Waals surface area contributed by atoms with Crippen LogP contribution in [-0.4, -0.2) is 43.5 Å². The summed E-state index contributed by atoms with van der Waals surface area (Å²) in [5, 5.41) is 18.0. The number of esters is 1. The van der Waals surface area contributed by atoms with E-state index < -0.39 is 5.97 Å². The molecule has 0 aliphatic carbocycles. The van der Waals surface area contributed by atoms with Crippen molar-refractivity contribution in [3.8, 4) is 11.4 Å². The maximum atomic E-state index is 11.3. The summed E-state index contributed by atoms with van der Waals surface area (Å²) < 4.78 is 4.57. The molecule has 0 spiro atoms. The van der Waals surface area contributed by atoms with Crippen molar-refractivity contribution < 1.29 is 9.53 Å². The van der Waals surface area contributed by atoms with Gasteiger partial charge in [-0.2, -0.15) is 25.3 Å². The van der Waals surface area contributed by atoms with E-state index in [9.17, 15) is 4.79 Å². The first-order valence-electron chi connectivity index (χ1n) is 4.65. The summed E-state index contributed by atoms with van der Waals surface area (Å²) in [7, 11) is 1.28. The first kappa shape index (κ1) is 10.3. The maximum absolute atomic E-state index is 11.3. The molecule has 2 rings (SSSR count). The molecule has 0 saturated carbocycles. The Morgan fingerprint density at radius 2 is 2.38 bits per heavy atom. The molecule has 0 aliphatic heterocycles. The molecule has 0 bridgehead atoms. The van der Waals surface area contributed by atoms with Crippen molar-refractivity contribution in [2.24, 2.45) is 0 Å². The highest BCUT2D eigenvalue weighted by Gasteiger charge is 2.20. The highest BCUT2D eigenvalue weighted by atomic mass is 16.5. The predicted octanol–water partition coefficient (Wildman–Crippen LogP) is -0.130. The molecule has 2 heterocycles. The molecule has 2 aromatic heterocycles. The van der Waals surface area contributed by atoms with E-state index in [2.05, 4.69) is 30.3 Å². The molecule has 2 aromatic rings. The van der Waals surface area contributed by atoms with E-state index in [0.717, 1.165) is 0 Å². The van der Waals surface area contributed by atoms with Crippen molar-refractivity contribution >= 4 is 5.97 Å². The van der Waals surface area contributed by atoms with Crippen LogP contribution in [0.25, 0.3) is 11.4 Å². The summed E-state index contributed by atoms with van der Waals surface area (Å²) in [5.41, 5.74) is 0.924. The molecule has 0 fully saturated rings. The zero-order valence-corrected chi connectivity index (χ0v) is 8.84. The van der Waals surface area contributed by atoms with E-state index in [4.69, 9.17) is 0 Å². The molecule has 0 atom stereocenters. The van der Waals surface area contributed by atoms with E-state index in [1.165, 1.54) is 18.1 Å². The van der Waals surface area contributed by atoms with Crippen molar-refractivity contribution in [3.63, 3.8) is 0 Å². The van der Waals surface area contributed by atoms with E-state index in [0.29, 0.717) is 17.9 Å². The van der Waals surface area contributed by atoms with Crippen molar-refractivity contribution in [2.45, 2.75) is 13.5 Å². The highest BCUT2D eigenvalue weighted by molar-refractivity contribution is 5.93. The third-order valence-corrected chi connectivity index (χ3v) is 1.99. The van der Waals surface area contributed by atoms with Crippen LogP contribution in [0.1, 0.15) is 17.4 Å². The molecule has 0 unspecified atom stereocenters. The van der Waals surface area contributed by atoms with Gasteiger partial charge in [-0.3, -0.25) is 0 Å². The fraction of sp³-hybridized carbons (Fsp3) is 0.375. The van der Waals surface area contributed by atoms with E-state index in [-0.39, 0.29) is 5.69 Å². The third kappa shape index (κ3) is 1.64. The molecule has 1 N–H and O–H groups in total. The van der Waals surface area contributed by atoms with Crippen LogP contribution in [-0.2, 0) is 11.3 Å². The Bertz CT molecular complexity index is 502. The Labute approximate surface area is 90.6 Å². The number of aromatic amines is 1. The van der Waals surface area contributed by atoms with Crippen LogP contribution in [0.15, 0.2) is 6.20 Å². The molecule has 0 aliphatic rings. The number of hydrogen-bond donors (Lipinski definition) is 1. The molecule has 16 heavy (non-hydrogen) atoms. The Balaban J connectivity index is 2.40. The van der Waals surface area contributed by atoms with Gasteiger partial charge in [0.1, 0.15) is 11.4 Å². The van der Waals surface area contributed by atoms with Crippen LogP contribution < -0.4 is 0 Å². The molecule has 84 valence electrons. The highest BCUT2D eigenvalue weighted by Crippen LogP contribution is 2.16. The van der Waals surface area contributed by atoms with Crippen LogP contribution in [0.2, 0.25) is 0 Å². The lowest BCUT2D eigenvalue weighted by Crippen LogP contribution is -2.04. The molecule has 0 aromatic carbocycles. The van der Waals surface area contributed by atoms with E-state index >= 15 is 0 Å². The summed E-state index contributed by atoms with van der Waals surface area (Å²) in [6.45, 7) is 2.55. The second-order valence-corrected chi connectivity index (χ2v) is 2.93. The fourth-order valence-corrected chi connectivity index (χ4v) is 1.21. The summed E-state index contributed by atoms with van der Waals surface area (Å²) in [5.74, 6) is -0.560. The quantitative estimate of drug-likeness (QED) is 0.726. The van der Waals surface area contributed by atoms with E-state index in [1.807, 2.05) is 6.92 Å². The molecule has 8 nitrogen and oxygen atoms in total. The predicted molar refractivity (Wildman–Crippen MR) is 52.4 cm³/mol. The largest absolute Gasteiger partial charge is 0.464 e. The number of aryl methyl sites for hydroxylation is 1. The van der Waals surface area contributed by atoms with Gasteiger partial charge in [0.25, 0.3) is 0 Å². The van der Waals surface area contributed by atoms with Crippen molar-refractivity contribution in [1.29, 1.82) is 0 Å². The Hall–Kier alpha value is -2.25. The van der Waals surface area contributed by atoms with E-state index in [1.54, 1.807) is 0 Å². The average molecular weight is 222 g/mol. The van der Waals surface area contributed by atoms with Crippen molar-refractivity contribution in [2.75, 3.05) is 7.11 Å². The number of rotatable bonds is 3.